The largest absolute Gasteiger partial charge is 0.481 e. The molecule has 1 aromatic carbocycles. The molecular formula is C15H19F2NO3. The van der Waals surface area contributed by atoms with Crippen LogP contribution in [0.4, 0.5) is 8.78 Å². The second-order valence-corrected chi connectivity index (χ2v) is 5.17. The number of hydrogen-bond donors (Lipinski definition) is 2. The van der Waals surface area contributed by atoms with Crippen LogP contribution in [0.2, 0.25) is 0 Å². The Hall–Kier alpha value is -1.98. The number of amides is 1. The zero-order chi connectivity index (χ0) is 16.0. The number of nitrogens with one attached hydrogen (secondary N) is 1. The van der Waals surface area contributed by atoms with E-state index >= 15 is 0 Å². The molecule has 0 spiro atoms. The van der Waals surface area contributed by atoms with Crippen LogP contribution in [0.1, 0.15) is 43.5 Å². The summed E-state index contributed by atoms with van der Waals surface area (Å²) in [5, 5.41) is 11.3. The molecule has 0 aliphatic carbocycles. The minimum atomic E-state index is -0.853. The van der Waals surface area contributed by atoms with E-state index in [0.29, 0.717) is 19.3 Å². The highest BCUT2D eigenvalue weighted by atomic mass is 19.1. The molecule has 0 fully saturated rings. The van der Waals surface area contributed by atoms with Crippen LogP contribution >= 0.6 is 0 Å². The van der Waals surface area contributed by atoms with Gasteiger partial charge in [0.1, 0.15) is 11.6 Å². The summed E-state index contributed by atoms with van der Waals surface area (Å²) in [6.45, 7) is 3.36. The molecule has 4 nitrogen and oxygen atoms in total. The summed E-state index contributed by atoms with van der Waals surface area (Å²) >= 11 is 0. The summed E-state index contributed by atoms with van der Waals surface area (Å²) in [5.41, 5.74) is -0.333. The van der Waals surface area contributed by atoms with Gasteiger partial charge in [-0.15, -0.1) is 0 Å². The molecule has 0 aromatic heterocycles. The van der Waals surface area contributed by atoms with Crippen molar-refractivity contribution in [1.82, 2.24) is 5.32 Å². The molecule has 0 saturated heterocycles. The van der Waals surface area contributed by atoms with E-state index in [4.69, 9.17) is 5.11 Å². The topological polar surface area (TPSA) is 66.4 Å². The molecule has 116 valence electrons. The van der Waals surface area contributed by atoms with E-state index in [0.717, 1.165) is 18.2 Å². The van der Waals surface area contributed by atoms with Crippen molar-refractivity contribution in [1.29, 1.82) is 0 Å². The van der Waals surface area contributed by atoms with E-state index in [1.807, 2.05) is 0 Å². The highest BCUT2D eigenvalue weighted by molar-refractivity contribution is 5.94. The Kier molecular flexibility index (Phi) is 6.27. The predicted octanol–water partition coefficient (Wildman–Crippen LogP) is 2.97. The maximum absolute atomic E-state index is 13.4. The van der Waals surface area contributed by atoms with E-state index < -0.39 is 29.4 Å². The van der Waals surface area contributed by atoms with Gasteiger partial charge in [0.2, 0.25) is 0 Å². The smallest absolute Gasteiger partial charge is 0.306 e. The van der Waals surface area contributed by atoms with Crippen molar-refractivity contribution in [3.63, 3.8) is 0 Å². The first-order valence-electron chi connectivity index (χ1n) is 6.80. The molecule has 6 heteroatoms. The van der Waals surface area contributed by atoms with E-state index in [1.54, 1.807) is 13.8 Å². The zero-order valence-corrected chi connectivity index (χ0v) is 12.0. The Morgan fingerprint density at radius 2 is 1.90 bits per heavy atom. The zero-order valence-electron chi connectivity index (χ0n) is 12.0. The quantitative estimate of drug-likeness (QED) is 0.813. The van der Waals surface area contributed by atoms with Gasteiger partial charge in [0, 0.05) is 6.04 Å². The Balaban J connectivity index is 2.47. The third-order valence-corrected chi connectivity index (χ3v) is 3.25. The first-order chi connectivity index (χ1) is 9.81. The van der Waals surface area contributed by atoms with Crippen LogP contribution in [0.5, 0.6) is 0 Å². The Labute approximate surface area is 122 Å². The molecule has 0 aliphatic heterocycles. The van der Waals surface area contributed by atoms with Crippen molar-refractivity contribution in [2.24, 2.45) is 5.92 Å². The lowest BCUT2D eigenvalue weighted by atomic mass is 10.0. The summed E-state index contributed by atoms with van der Waals surface area (Å²) in [6, 6.07) is 2.46. The maximum atomic E-state index is 13.4. The van der Waals surface area contributed by atoms with Crippen LogP contribution in [0.15, 0.2) is 18.2 Å². The summed E-state index contributed by atoms with van der Waals surface area (Å²) in [7, 11) is 0. The molecule has 2 atom stereocenters. The van der Waals surface area contributed by atoms with Crippen LogP contribution in [0.3, 0.4) is 0 Å². The fourth-order valence-electron chi connectivity index (χ4n) is 1.90. The highest BCUT2D eigenvalue weighted by Gasteiger charge is 2.16. The van der Waals surface area contributed by atoms with Crippen molar-refractivity contribution < 1.29 is 23.5 Å². The Morgan fingerprint density at radius 1 is 1.24 bits per heavy atom. The third-order valence-electron chi connectivity index (χ3n) is 3.25. The van der Waals surface area contributed by atoms with Gasteiger partial charge in [-0.2, -0.15) is 0 Å². The van der Waals surface area contributed by atoms with E-state index in [-0.39, 0.29) is 11.6 Å². The normalized spacial score (nSPS) is 13.5. The first kappa shape index (κ1) is 17.1. The van der Waals surface area contributed by atoms with Gasteiger partial charge in [0.15, 0.2) is 0 Å². The van der Waals surface area contributed by atoms with Gasteiger partial charge in [0.05, 0.1) is 11.5 Å². The average molecular weight is 299 g/mol. The molecule has 1 rings (SSSR count). The summed E-state index contributed by atoms with van der Waals surface area (Å²) in [4.78, 5) is 22.5. The fourth-order valence-corrected chi connectivity index (χ4v) is 1.90. The van der Waals surface area contributed by atoms with Gasteiger partial charge in [-0.1, -0.05) is 13.3 Å². The van der Waals surface area contributed by atoms with Crippen molar-refractivity contribution in [2.75, 3.05) is 0 Å². The van der Waals surface area contributed by atoms with Crippen LogP contribution < -0.4 is 5.32 Å². The SMILES string of the molecule is CC(CCCC(C)C(=O)O)NC(=O)c1cc(F)ccc1F. The van der Waals surface area contributed by atoms with Crippen molar-refractivity contribution >= 4 is 11.9 Å². The third kappa shape index (κ3) is 5.49. The molecule has 21 heavy (non-hydrogen) atoms. The summed E-state index contributed by atoms with van der Waals surface area (Å²) in [6.07, 6.45) is 1.70. The van der Waals surface area contributed by atoms with E-state index in [9.17, 15) is 18.4 Å². The molecule has 0 saturated carbocycles. The number of carbonyl (C=O) groups excluding carboxylic acids is 1. The minimum absolute atomic E-state index is 0.249. The summed E-state index contributed by atoms with van der Waals surface area (Å²) < 4.78 is 26.4. The molecule has 2 N–H and O–H groups in total. The number of halogens is 2. The molecule has 1 amide bonds. The highest BCUT2D eigenvalue weighted by Crippen LogP contribution is 2.12. The number of carboxylic acids is 1. The average Bonchev–Trinajstić information content (AvgIpc) is 2.41. The van der Waals surface area contributed by atoms with Gasteiger partial charge in [-0.25, -0.2) is 8.78 Å². The van der Waals surface area contributed by atoms with Crippen molar-refractivity contribution in [3.8, 4) is 0 Å². The lowest BCUT2D eigenvalue weighted by molar-refractivity contribution is -0.141. The lowest BCUT2D eigenvalue weighted by Gasteiger charge is -2.15. The van der Waals surface area contributed by atoms with Crippen LogP contribution in [0.25, 0.3) is 0 Å². The van der Waals surface area contributed by atoms with Crippen LogP contribution in [0, 0.1) is 17.6 Å². The second-order valence-electron chi connectivity index (χ2n) is 5.17. The van der Waals surface area contributed by atoms with E-state index in [2.05, 4.69) is 5.32 Å². The molecule has 2 unspecified atom stereocenters. The monoisotopic (exact) mass is 299 g/mol. The van der Waals surface area contributed by atoms with Crippen molar-refractivity contribution in [2.45, 2.75) is 39.2 Å². The van der Waals surface area contributed by atoms with Crippen molar-refractivity contribution in [3.05, 3.63) is 35.4 Å². The predicted molar refractivity (Wildman–Crippen MR) is 73.9 cm³/mol. The Morgan fingerprint density at radius 3 is 2.52 bits per heavy atom. The molecule has 0 bridgehead atoms. The van der Waals surface area contributed by atoms with Crippen LogP contribution in [-0.4, -0.2) is 23.0 Å². The summed E-state index contributed by atoms with van der Waals surface area (Å²) in [5.74, 6) is -3.42. The standard InChI is InChI=1S/C15H19F2NO3/c1-9(15(20)21)4-3-5-10(2)18-14(19)12-8-11(16)6-7-13(12)17/h6-10H,3-5H2,1-2H3,(H,18,19)(H,20,21). The van der Waals surface area contributed by atoms with Gasteiger partial charge in [-0.05, 0) is 38.0 Å². The van der Waals surface area contributed by atoms with Gasteiger partial charge >= 0.3 is 5.97 Å². The number of carbonyl (C=O) groups is 2. The number of rotatable bonds is 7. The lowest BCUT2D eigenvalue weighted by Crippen LogP contribution is -2.33. The molecular weight excluding hydrogens is 280 g/mol. The van der Waals surface area contributed by atoms with Gasteiger partial charge in [0.25, 0.3) is 5.91 Å². The molecule has 0 radical (unpaired) electrons. The minimum Gasteiger partial charge on any atom is -0.481 e. The van der Waals surface area contributed by atoms with Crippen LogP contribution in [-0.2, 0) is 4.79 Å². The van der Waals surface area contributed by atoms with Gasteiger partial charge in [-0.3, -0.25) is 9.59 Å². The molecule has 1 aromatic rings. The van der Waals surface area contributed by atoms with Gasteiger partial charge < -0.3 is 10.4 Å². The number of hydrogen-bond acceptors (Lipinski definition) is 2. The molecule has 0 heterocycles. The maximum Gasteiger partial charge on any atom is 0.306 e. The first-order valence-corrected chi connectivity index (χ1v) is 6.80. The number of aliphatic carboxylic acids is 1. The number of benzene rings is 1. The molecule has 0 aliphatic rings. The Bertz CT molecular complexity index is 520. The fraction of sp³-hybridized carbons (Fsp3) is 0.467. The number of carboxylic acid groups (broad SMARTS) is 1. The second kappa shape index (κ2) is 7.71. The van der Waals surface area contributed by atoms with E-state index in [1.165, 1.54) is 0 Å².